The first kappa shape index (κ1) is 10.5. The Bertz CT molecular complexity index is 329. The molecule has 15 heavy (non-hydrogen) atoms. The van der Waals surface area contributed by atoms with Gasteiger partial charge in [0.25, 0.3) is 0 Å². The van der Waals surface area contributed by atoms with Gasteiger partial charge in [-0.3, -0.25) is 0 Å². The van der Waals surface area contributed by atoms with Crippen molar-refractivity contribution in [2.24, 2.45) is 0 Å². The molecule has 2 N–H and O–H groups in total. The molecule has 1 atom stereocenters. The molecule has 0 spiro atoms. The van der Waals surface area contributed by atoms with Crippen LogP contribution in [0.2, 0.25) is 0 Å². The summed E-state index contributed by atoms with van der Waals surface area (Å²) < 4.78 is 0. The van der Waals surface area contributed by atoms with E-state index in [4.69, 9.17) is 5.73 Å². The minimum Gasteiger partial charge on any atom is -0.368 e. The molecule has 1 aromatic rings. The van der Waals surface area contributed by atoms with Crippen molar-refractivity contribution in [2.75, 3.05) is 29.2 Å². The van der Waals surface area contributed by atoms with E-state index in [0.29, 0.717) is 12.0 Å². The third-order valence-corrected chi connectivity index (χ3v) is 3.82. The molecule has 1 aromatic heterocycles. The molecule has 1 fully saturated rings. The van der Waals surface area contributed by atoms with Crippen LogP contribution in [0.1, 0.15) is 12.1 Å². The normalized spacial score (nSPS) is 20.5. The zero-order valence-corrected chi connectivity index (χ0v) is 9.92. The Hall–Kier alpha value is -0.970. The summed E-state index contributed by atoms with van der Waals surface area (Å²) >= 11 is 2.00. The molecule has 1 unspecified atom stereocenters. The molecule has 0 saturated carbocycles. The highest BCUT2D eigenvalue weighted by molar-refractivity contribution is 7.99. The molecule has 0 radical (unpaired) electrons. The molecule has 1 saturated heterocycles. The molecular weight excluding hydrogens is 208 g/mol. The average Bonchev–Trinajstić information content (AvgIpc) is 2.67. The predicted molar refractivity (Wildman–Crippen MR) is 65.3 cm³/mol. The number of aromatic nitrogens is 2. The van der Waals surface area contributed by atoms with E-state index < -0.39 is 0 Å². The lowest BCUT2D eigenvalue weighted by Gasteiger charge is -2.25. The highest BCUT2D eigenvalue weighted by Gasteiger charge is 2.21. The number of aryl methyl sites for hydroxylation is 1. The lowest BCUT2D eigenvalue weighted by molar-refractivity contribution is 0.690. The van der Waals surface area contributed by atoms with Gasteiger partial charge in [0.05, 0.1) is 0 Å². The van der Waals surface area contributed by atoms with E-state index >= 15 is 0 Å². The quantitative estimate of drug-likeness (QED) is 0.821. The molecule has 82 valence electrons. The topological polar surface area (TPSA) is 55.0 Å². The van der Waals surface area contributed by atoms with Crippen molar-refractivity contribution in [2.45, 2.75) is 19.4 Å². The Labute approximate surface area is 94.3 Å². The summed E-state index contributed by atoms with van der Waals surface area (Å²) in [7, 11) is 2.08. The van der Waals surface area contributed by atoms with Crippen LogP contribution in [0.4, 0.5) is 11.8 Å². The lowest BCUT2D eigenvalue weighted by Crippen LogP contribution is -2.32. The fraction of sp³-hybridized carbons (Fsp3) is 0.600. The van der Waals surface area contributed by atoms with E-state index in [1.165, 1.54) is 17.9 Å². The van der Waals surface area contributed by atoms with E-state index in [9.17, 15) is 0 Å². The molecule has 2 rings (SSSR count). The Morgan fingerprint density at radius 3 is 2.93 bits per heavy atom. The third kappa shape index (κ3) is 2.34. The molecule has 1 aliphatic rings. The van der Waals surface area contributed by atoms with Gasteiger partial charge < -0.3 is 10.6 Å². The summed E-state index contributed by atoms with van der Waals surface area (Å²) in [5.41, 5.74) is 6.57. The number of nitrogen functional groups attached to an aromatic ring is 1. The largest absolute Gasteiger partial charge is 0.368 e. The second kappa shape index (κ2) is 4.26. The molecule has 0 bridgehead atoms. The van der Waals surface area contributed by atoms with Crippen LogP contribution in [0.5, 0.6) is 0 Å². The van der Waals surface area contributed by atoms with E-state index in [-0.39, 0.29) is 0 Å². The summed E-state index contributed by atoms with van der Waals surface area (Å²) in [5, 5.41) is 0. The third-order valence-electron chi connectivity index (χ3n) is 2.67. The standard InChI is InChI=1S/C10H16N4S/c1-7-5-9(13-10(11)12-7)14(2)8-3-4-15-6-8/h5,8H,3-4,6H2,1-2H3,(H2,11,12,13). The second-order valence-corrected chi connectivity index (χ2v) is 5.00. The van der Waals surface area contributed by atoms with Crippen molar-refractivity contribution in [1.29, 1.82) is 0 Å². The van der Waals surface area contributed by atoms with Crippen molar-refractivity contribution < 1.29 is 0 Å². The summed E-state index contributed by atoms with van der Waals surface area (Å²) in [6.07, 6.45) is 1.23. The van der Waals surface area contributed by atoms with Crippen molar-refractivity contribution >= 4 is 23.5 Å². The van der Waals surface area contributed by atoms with Gasteiger partial charge in [0.15, 0.2) is 0 Å². The van der Waals surface area contributed by atoms with Crippen LogP contribution in [0.25, 0.3) is 0 Å². The minimum atomic E-state index is 0.363. The molecule has 2 heterocycles. The average molecular weight is 224 g/mol. The molecule has 0 aliphatic carbocycles. The lowest BCUT2D eigenvalue weighted by atomic mass is 10.2. The van der Waals surface area contributed by atoms with Gasteiger partial charge >= 0.3 is 0 Å². The first-order valence-corrected chi connectivity index (χ1v) is 6.24. The monoisotopic (exact) mass is 224 g/mol. The number of nitrogens with two attached hydrogens (primary N) is 1. The number of nitrogens with zero attached hydrogens (tertiary/aromatic N) is 3. The van der Waals surface area contributed by atoms with Crippen LogP contribution >= 0.6 is 11.8 Å². The van der Waals surface area contributed by atoms with E-state index in [1.54, 1.807) is 0 Å². The van der Waals surface area contributed by atoms with Gasteiger partial charge in [-0.05, 0) is 19.1 Å². The maximum absolute atomic E-state index is 5.64. The van der Waals surface area contributed by atoms with Gasteiger partial charge in [-0.2, -0.15) is 16.7 Å². The van der Waals surface area contributed by atoms with Crippen LogP contribution in [-0.2, 0) is 0 Å². The van der Waals surface area contributed by atoms with Crippen LogP contribution in [0.15, 0.2) is 6.07 Å². The summed E-state index contributed by atoms with van der Waals surface area (Å²) in [5.74, 6) is 3.73. The van der Waals surface area contributed by atoms with Crippen LogP contribution in [0.3, 0.4) is 0 Å². The number of anilines is 2. The molecule has 0 amide bonds. The van der Waals surface area contributed by atoms with E-state index in [0.717, 1.165) is 11.5 Å². The molecule has 5 heteroatoms. The van der Waals surface area contributed by atoms with Gasteiger partial charge in [-0.25, -0.2) is 4.98 Å². The maximum atomic E-state index is 5.64. The maximum Gasteiger partial charge on any atom is 0.222 e. The van der Waals surface area contributed by atoms with Gasteiger partial charge in [0, 0.05) is 30.6 Å². The summed E-state index contributed by atoms with van der Waals surface area (Å²) in [4.78, 5) is 10.6. The first-order chi connectivity index (χ1) is 7.16. The Kier molecular flexibility index (Phi) is 3.00. The SMILES string of the molecule is Cc1cc(N(C)C2CCSC2)nc(N)n1. The number of hydrogen-bond acceptors (Lipinski definition) is 5. The van der Waals surface area contributed by atoms with Crippen molar-refractivity contribution in [3.8, 4) is 0 Å². The number of hydrogen-bond donors (Lipinski definition) is 1. The van der Waals surface area contributed by atoms with Crippen molar-refractivity contribution in [1.82, 2.24) is 9.97 Å². The van der Waals surface area contributed by atoms with Crippen LogP contribution in [0, 0.1) is 6.92 Å². The zero-order valence-electron chi connectivity index (χ0n) is 9.10. The van der Waals surface area contributed by atoms with Gasteiger partial charge in [-0.1, -0.05) is 0 Å². The smallest absolute Gasteiger partial charge is 0.222 e. The Balaban J connectivity index is 2.20. The number of rotatable bonds is 2. The highest BCUT2D eigenvalue weighted by atomic mass is 32.2. The van der Waals surface area contributed by atoms with Gasteiger partial charge in [-0.15, -0.1) is 0 Å². The minimum absolute atomic E-state index is 0.363. The van der Waals surface area contributed by atoms with E-state index in [2.05, 4.69) is 21.9 Å². The highest BCUT2D eigenvalue weighted by Crippen LogP contribution is 2.25. The Morgan fingerprint density at radius 1 is 1.53 bits per heavy atom. The first-order valence-electron chi connectivity index (χ1n) is 5.08. The molecular formula is C10H16N4S. The van der Waals surface area contributed by atoms with E-state index in [1.807, 2.05) is 24.8 Å². The van der Waals surface area contributed by atoms with Crippen molar-refractivity contribution in [3.63, 3.8) is 0 Å². The van der Waals surface area contributed by atoms with Crippen LogP contribution < -0.4 is 10.6 Å². The summed E-state index contributed by atoms with van der Waals surface area (Å²) in [6, 6.07) is 2.57. The number of thioether (sulfide) groups is 1. The fourth-order valence-corrected chi connectivity index (χ4v) is 3.04. The second-order valence-electron chi connectivity index (χ2n) is 3.85. The Morgan fingerprint density at radius 2 is 2.33 bits per heavy atom. The van der Waals surface area contributed by atoms with Crippen molar-refractivity contribution in [3.05, 3.63) is 11.8 Å². The fourth-order valence-electron chi connectivity index (χ4n) is 1.77. The molecule has 4 nitrogen and oxygen atoms in total. The van der Waals surface area contributed by atoms with Crippen LogP contribution in [-0.4, -0.2) is 34.6 Å². The predicted octanol–water partition coefficient (Wildman–Crippen LogP) is 1.31. The molecule has 0 aromatic carbocycles. The zero-order chi connectivity index (χ0) is 10.8. The van der Waals surface area contributed by atoms with Gasteiger partial charge in [0.2, 0.25) is 5.95 Å². The van der Waals surface area contributed by atoms with Gasteiger partial charge in [0.1, 0.15) is 5.82 Å². The molecule has 1 aliphatic heterocycles. The summed E-state index contributed by atoms with van der Waals surface area (Å²) in [6.45, 7) is 1.94.